The molecule has 0 radical (unpaired) electrons. The van der Waals surface area contributed by atoms with Gasteiger partial charge in [-0.05, 0) is 31.2 Å². The number of amides is 1. The number of hydrogen-bond acceptors (Lipinski definition) is 4. The standard InChI is InChI=1S/C16H26N4O2/c1-16(2)8-12-14(15(22)17-10-16)19-13(18-12)5-7-20-6-3-4-11(21)9-20/h11,21H,3-10H2,1-2H3,(H,17,22)(H,18,19). The van der Waals surface area contributed by atoms with Gasteiger partial charge in [0.1, 0.15) is 11.5 Å². The van der Waals surface area contributed by atoms with Crippen molar-refractivity contribution in [2.45, 2.75) is 45.6 Å². The Morgan fingerprint density at radius 2 is 2.27 bits per heavy atom. The number of β-amino-alcohol motifs (C(OH)–C–C–N with tert-alkyl or cyclic N) is 1. The molecule has 3 rings (SSSR count). The lowest BCUT2D eigenvalue weighted by molar-refractivity contribution is 0.0711. The number of H-pyrrole nitrogens is 1. The van der Waals surface area contributed by atoms with Crippen molar-refractivity contribution in [3.05, 3.63) is 17.2 Å². The molecule has 1 amide bonds. The quantitative estimate of drug-likeness (QED) is 0.769. The number of nitrogens with zero attached hydrogens (tertiary/aromatic N) is 2. The molecule has 2 aliphatic heterocycles. The molecule has 122 valence electrons. The van der Waals surface area contributed by atoms with Crippen LogP contribution < -0.4 is 5.32 Å². The number of aromatic nitrogens is 2. The molecule has 1 unspecified atom stereocenters. The van der Waals surface area contributed by atoms with Crippen molar-refractivity contribution in [3.63, 3.8) is 0 Å². The molecule has 0 aromatic carbocycles. The number of fused-ring (bicyclic) bond motifs is 1. The van der Waals surface area contributed by atoms with E-state index in [0.717, 1.165) is 56.8 Å². The lowest BCUT2D eigenvalue weighted by atomic mass is 9.88. The number of hydrogen-bond donors (Lipinski definition) is 3. The number of aliphatic hydroxyl groups is 1. The first kappa shape index (κ1) is 15.5. The molecule has 6 heteroatoms. The highest BCUT2D eigenvalue weighted by Crippen LogP contribution is 2.25. The van der Waals surface area contributed by atoms with Crippen LogP contribution in [0.15, 0.2) is 0 Å². The zero-order valence-corrected chi connectivity index (χ0v) is 13.5. The number of carbonyl (C=O) groups excluding carboxylic acids is 1. The third kappa shape index (κ3) is 3.50. The third-order valence-corrected chi connectivity index (χ3v) is 4.57. The fourth-order valence-electron chi connectivity index (χ4n) is 3.34. The monoisotopic (exact) mass is 306 g/mol. The first-order chi connectivity index (χ1) is 10.4. The summed E-state index contributed by atoms with van der Waals surface area (Å²) in [6, 6.07) is 0. The highest BCUT2D eigenvalue weighted by atomic mass is 16.3. The maximum absolute atomic E-state index is 12.1. The summed E-state index contributed by atoms with van der Waals surface area (Å²) in [4.78, 5) is 22.2. The molecule has 1 aromatic rings. The first-order valence-electron chi connectivity index (χ1n) is 8.19. The lowest BCUT2D eigenvalue weighted by Crippen LogP contribution is -2.39. The summed E-state index contributed by atoms with van der Waals surface area (Å²) in [7, 11) is 0. The number of piperidine rings is 1. The second-order valence-corrected chi connectivity index (χ2v) is 7.38. The van der Waals surface area contributed by atoms with Gasteiger partial charge < -0.3 is 20.3 Å². The third-order valence-electron chi connectivity index (χ3n) is 4.57. The van der Waals surface area contributed by atoms with Crippen molar-refractivity contribution >= 4 is 5.91 Å². The summed E-state index contributed by atoms with van der Waals surface area (Å²) in [5.74, 6) is 0.800. The minimum atomic E-state index is -0.200. The maximum atomic E-state index is 12.1. The summed E-state index contributed by atoms with van der Waals surface area (Å²) in [5, 5.41) is 12.7. The van der Waals surface area contributed by atoms with Crippen LogP contribution in [0.25, 0.3) is 0 Å². The Bertz CT molecular complexity index is 552. The van der Waals surface area contributed by atoms with E-state index >= 15 is 0 Å². The van der Waals surface area contributed by atoms with Crippen LogP contribution in [0, 0.1) is 5.41 Å². The molecular weight excluding hydrogens is 280 g/mol. The van der Waals surface area contributed by atoms with Crippen LogP contribution in [-0.4, -0.2) is 58.2 Å². The number of nitrogens with one attached hydrogen (secondary N) is 2. The molecule has 3 heterocycles. The fraction of sp³-hybridized carbons (Fsp3) is 0.750. The Morgan fingerprint density at radius 1 is 1.45 bits per heavy atom. The van der Waals surface area contributed by atoms with Crippen molar-refractivity contribution in [2.24, 2.45) is 5.41 Å². The highest BCUT2D eigenvalue weighted by molar-refractivity contribution is 5.93. The Hall–Kier alpha value is -1.40. The normalized spacial score (nSPS) is 25.4. The summed E-state index contributed by atoms with van der Waals surface area (Å²) in [6.45, 7) is 7.63. The average molecular weight is 306 g/mol. The van der Waals surface area contributed by atoms with E-state index in [0.29, 0.717) is 12.2 Å². The van der Waals surface area contributed by atoms with Crippen LogP contribution in [0.2, 0.25) is 0 Å². The van der Waals surface area contributed by atoms with E-state index in [1.807, 2.05) is 0 Å². The van der Waals surface area contributed by atoms with Gasteiger partial charge in [-0.3, -0.25) is 4.79 Å². The number of carbonyl (C=O) groups is 1. The number of aliphatic hydroxyl groups excluding tert-OH is 1. The van der Waals surface area contributed by atoms with Gasteiger partial charge in [0, 0.05) is 31.7 Å². The molecule has 1 aromatic heterocycles. The Balaban J connectivity index is 1.66. The molecule has 0 spiro atoms. The molecule has 6 nitrogen and oxygen atoms in total. The van der Waals surface area contributed by atoms with E-state index in [1.165, 1.54) is 0 Å². The molecule has 1 atom stereocenters. The summed E-state index contributed by atoms with van der Waals surface area (Å²) >= 11 is 0. The smallest absolute Gasteiger partial charge is 0.271 e. The van der Waals surface area contributed by atoms with Gasteiger partial charge in [-0.15, -0.1) is 0 Å². The molecule has 0 saturated carbocycles. The molecule has 3 N–H and O–H groups in total. The van der Waals surface area contributed by atoms with E-state index in [-0.39, 0.29) is 17.4 Å². The molecule has 1 saturated heterocycles. The highest BCUT2D eigenvalue weighted by Gasteiger charge is 2.29. The van der Waals surface area contributed by atoms with Crippen LogP contribution in [0.4, 0.5) is 0 Å². The Morgan fingerprint density at radius 3 is 3.05 bits per heavy atom. The number of imidazole rings is 1. The topological polar surface area (TPSA) is 81.2 Å². The second-order valence-electron chi connectivity index (χ2n) is 7.38. The number of likely N-dealkylation sites (tertiary alicyclic amines) is 1. The van der Waals surface area contributed by atoms with Gasteiger partial charge in [-0.25, -0.2) is 4.98 Å². The predicted octanol–water partition coefficient (Wildman–Crippen LogP) is 0.721. The fourth-order valence-corrected chi connectivity index (χ4v) is 3.34. The molecule has 1 fully saturated rings. The zero-order chi connectivity index (χ0) is 15.7. The van der Waals surface area contributed by atoms with Crippen LogP contribution in [0.5, 0.6) is 0 Å². The SMILES string of the molecule is CC1(C)CNC(=O)c2nc(CCN3CCCC(O)C3)[nH]c2C1. The maximum Gasteiger partial charge on any atom is 0.271 e. The second kappa shape index (κ2) is 6.01. The van der Waals surface area contributed by atoms with Gasteiger partial charge in [-0.2, -0.15) is 0 Å². The van der Waals surface area contributed by atoms with Crippen molar-refractivity contribution in [2.75, 3.05) is 26.2 Å². The molecule has 0 aliphatic carbocycles. The van der Waals surface area contributed by atoms with Crippen molar-refractivity contribution in [1.82, 2.24) is 20.2 Å². The van der Waals surface area contributed by atoms with Crippen LogP contribution in [0.3, 0.4) is 0 Å². The van der Waals surface area contributed by atoms with Gasteiger partial charge in [0.2, 0.25) is 0 Å². The van der Waals surface area contributed by atoms with E-state index in [2.05, 4.69) is 34.0 Å². The minimum absolute atomic E-state index is 0.0433. The summed E-state index contributed by atoms with van der Waals surface area (Å²) < 4.78 is 0. The zero-order valence-electron chi connectivity index (χ0n) is 13.5. The van der Waals surface area contributed by atoms with Gasteiger partial charge in [-0.1, -0.05) is 13.8 Å². The minimum Gasteiger partial charge on any atom is -0.392 e. The van der Waals surface area contributed by atoms with Crippen LogP contribution in [0.1, 0.15) is 48.7 Å². The Labute approximate surface area is 131 Å². The van der Waals surface area contributed by atoms with Gasteiger partial charge in [0.05, 0.1) is 6.10 Å². The van der Waals surface area contributed by atoms with Gasteiger partial charge >= 0.3 is 0 Å². The van der Waals surface area contributed by atoms with E-state index < -0.39 is 0 Å². The van der Waals surface area contributed by atoms with Crippen LogP contribution >= 0.6 is 0 Å². The Kier molecular flexibility index (Phi) is 4.23. The van der Waals surface area contributed by atoms with E-state index in [4.69, 9.17) is 0 Å². The van der Waals surface area contributed by atoms with E-state index in [9.17, 15) is 9.90 Å². The largest absolute Gasteiger partial charge is 0.392 e. The molecule has 0 bridgehead atoms. The predicted molar refractivity (Wildman–Crippen MR) is 83.8 cm³/mol. The van der Waals surface area contributed by atoms with E-state index in [1.54, 1.807) is 0 Å². The van der Waals surface area contributed by atoms with Crippen LogP contribution in [-0.2, 0) is 12.8 Å². The molecule has 2 aliphatic rings. The molecular formula is C16H26N4O2. The average Bonchev–Trinajstić information content (AvgIpc) is 2.81. The van der Waals surface area contributed by atoms with Gasteiger partial charge in [0.15, 0.2) is 0 Å². The number of aromatic amines is 1. The van der Waals surface area contributed by atoms with Crippen molar-refractivity contribution in [3.8, 4) is 0 Å². The van der Waals surface area contributed by atoms with Crippen molar-refractivity contribution < 1.29 is 9.90 Å². The van der Waals surface area contributed by atoms with Crippen molar-refractivity contribution in [1.29, 1.82) is 0 Å². The first-order valence-corrected chi connectivity index (χ1v) is 8.19. The van der Waals surface area contributed by atoms with Gasteiger partial charge in [0.25, 0.3) is 5.91 Å². The number of rotatable bonds is 3. The lowest BCUT2D eigenvalue weighted by Gasteiger charge is -2.29. The summed E-state index contributed by atoms with van der Waals surface area (Å²) in [5.41, 5.74) is 1.55. The summed E-state index contributed by atoms with van der Waals surface area (Å²) in [6.07, 6.45) is 3.37. The molecule has 22 heavy (non-hydrogen) atoms.